The molecule has 0 saturated heterocycles. The van der Waals surface area contributed by atoms with Gasteiger partial charge < -0.3 is 0 Å². The third-order valence-corrected chi connectivity index (χ3v) is 2.64. The molecule has 0 spiro atoms. The molecule has 2 rings (SSSR count). The van der Waals surface area contributed by atoms with Gasteiger partial charge in [0.25, 0.3) is 0 Å². The van der Waals surface area contributed by atoms with Crippen LogP contribution in [0.25, 0.3) is 5.70 Å². The molecule has 1 N–H and O–H groups in total. The van der Waals surface area contributed by atoms with Crippen molar-refractivity contribution in [1.29, 1.82) is 0 Å². The summed E-state index contributed by atoms with van der Waals surface area (Å²) in [6.45, 7) is 2.39. The molecular formula is C11H11BrN2O2. The Morgan fingerprint density at radius 3 is 3.12 bits per heavy atom. The number of aromatic nitrogens is 1. The molecule has 5 heteroatoms. The standard InChI is InChI=1S/C11H11BrN2O2/c1-2-16-14-9-6-8(15)5-7-3-4-10(12)13-11(7)9/h3-4,6,14H,2,5H2,1H3. The van der Waals surface area contributed by atoms with E-state index in [0.29, 0.717) is 18.7 Å². The van der Waals surface area contributed by atoms with E-state index in [-0.39, 0.29) is 5.78 Å². The average Bonchev–Trinajstić information content (AvgIpc) is 2.26. The molecule has 0 aromatic carbocycles. The minimum Gasteiger partial charge on any atom is -0.294 e. The van der Waals surface area contributed by atoms with E-state index in [1.54, 1.807) is 0 Å². The summed E-state index contributed by atoms with van der Waals surface area (Å²) < 4.78 is 0.741. The van der Waals surface area contributed by atoms with E-state index in [0.717, 1.165) is 15.9 Å². The second kappa shape index (κ2) is 4.76. The van der Waals surface area contributed by atoms with Crippen molar-refractivity contribution in [3.05, 3.63) is 34.1 Å². The van der Waals surface area contributed by atoms with E-state index in [1.165, 1.54) is 6.08 Å². The van der Waals surface area contributed by atoms with E-state index in [9.17, 15) is 4.79 Å². The highest BCUT2D eigenvalue weighted by Crippen LogP contribution is 2.23. The van der Waals surface area contributed by atoms with Crippen molar-refractivity contribution in [2.45, 2.75) is 13.3 Å². The number of hydrogen-bond donors (Lipinski definition) is 1. The SMILES string of the molecule is CCONC1=CC(=O)Cc2ccc(Br)nc21. The van der Waals surface area contributed by atoms with Crippen molar-refractivity contribution in [2.24, 2.45) is 0 Å². The van der Waals surface area contributed by atoms with Crippen LogP contribution in [0, 0.1) is 0 Å². The molecule has 0 radical (unpaired) electrons. The van der Waals surface area contributed by atoms with E-state index < -0.39 is 0 Å². The van der Waals surface area contributed by atoms with Crippen LogP contribution < -0.4 is 5.48 Å². The number of pyridine rings is 1. The molecular weight excluding hydrogens is 272 g/mol. The second-order valence-electron chi connectivity index (χ2n) is 3.38. The normalized spacial score (nSPS) is 14.4. The molecule has 84 valence electrons. The van der Waals surface area contributed by atoms with Crippen LogP contribution in [-0.4, -0.2) is 17.4 Å². The molecule has 0 amide bonds. The molecule has 0 atom stereocenters. The first-order valence-electron chi connectivity index (χ1n) is 4.99. The lowest BCUT2D eigenvalue weighted by Gasteiger charge is -2.17. The zero-order chi connectivity index (χ0) is 11.5. The van der Waals surface area contributed by atoms with Crippen LogP contribution >= 0.6 is 15.9 Å². The molecule has 0 fully saturated rings. The third-order valence-electron chi connectivity index (χ3n) is 2.20. The zero-order valence-corrected chi connectivity index (χ0v) is 10.4. The number of hydroxylamine groups is 1. The molecule has 1 heterocycles. The summed E-state index contributed by atoms with van der Waals surface area (Å²) in [5, 5.41) is 0. The molecule has 0 aliphatic heterocycles. The van der Waals surface area contributed by atoms with E-state index >= 15 is 0 Å². The first-order chi connectivity index (χ1) is 7.70. The van der Waals surface area contributed by atoms with Crippen molar-refractivity contribution in [2.75, 3.05) is 6.61 Å². The van der Waals surface area contributed by atoms with Gasteiger partial charge in [0.05, 0.1) is 18.0 Å². The van der Waals surface area contributed by atoms with Crippen LogP contribution in [-0.2, 0) is 16.1 Å². The summed E-state index contributed by atoms with van der Waals surface area (Å²) in [5.41, 5.74) is 5.04. The van der Waals surface area contributed by atoms with Gasteiger partial charge in [-0.2, -0.15) is 0 Å². The van der Waals surface area contributed by atoms with Crippen molar-refractivity contribution >= 4 is 27.4 Å². The zero-order valence-electron chi connectivity index (χ0n) is 8.79. The third kappa shape index (κ3) is 2.31. The Labute approximate surface area is 102 Å². The first kappa shape index (κ1) is 11.3. The Kier molecular flexibility index (Phi) is 3.36. The number of allylic oxidation sites excluding steroid dienone is 1. The molecule has 0 unspecified atom stereocenters. The number of nitrogens with zero attached hydrogens (tertiary/aromatic N) is 1. The molecule has 0 saturated carbocycles. The largest absolute Gasteiger partial charge is 0.294 e. The summed E-state index contributed by atoms with van der Waals surface area (Å²) in [7, 11) is 0. The lowest BCUT2D eigenvalue weighted by atomic mass is 9.99. The quantitative estimate of drug-likeness (QED) is 0.679. The van der Waals surface area contributed by atoms with E-state index in [4.69, 9.17) is 4.84 Å². The Balaban J connectivity index is 2.37. The van der Waals surface area contributed by atoms with Gasteiger partial charge in [0.15, 0.2) is 5.78 Å². The molecule has 0 bridgehead atoms. The fourth-order valence-corrected chi connectivity index (χ4v) is 1.85. The van der Waals surface area contributed by atoms with Gasteiger partial charge in [0.2, 0.25) is 0 Å². The molecule has 1 aromatic heterocycles. The minimum absolute atomic E-state index is 0.0545. The minimum atomic E-state index is 0.0545. The smallest absolute Gasteiger partial charge is 0.162 e. The fraction of sp³-hybridized carbons (Fsp3) is 0.273. The lowest BCUT2D eigenvalue weighted by Crippen LogP contribution is -2.21. The first-order valence-corrected chi connectivity index (χ1v) is 5.78. The average molecular weight is 283 g/mol. The summed E-state index contributed by atoms with van der Waals surface area (Å²) in [6.07, 6.45) is 1.92. The van der Waals surface area contributed by atoms with Crippen molar-refractivity contribution in [3.63, 3.8) is 0 Å². The fourth-order valence-electron chi connectivity index (χ4n) is 1.54. The number of halogens is 1. The summed E-state index contributed by atoms with van der Waals surface area (Å²) in [5.74, 6) is 0.0545. The maximum Gasteiger partial charge on any atom is 0.162 e. The number of carbonyl (C=O) groups excluding carboxylic acids is 1. The van der Waals surface area contributed by atoms with Gasteiger partial charge in [-0.1, -0.05) is 6.07 Å². The summed E-state index contributed by atoms with van der Waals surface area (Å²) in [4.78, 5) is 20.9. The Bertz CT molecular complexity index is 457. The van der Waals surface area contributed by atoms with Gasteiger partial charge in [-0.25, -0.2) is 4.98 Å². The van der Waals surface area contributed by atoms with Crippen molar-refractivity contribution in [1.82, 2.24) is 10.5 Å². The highest BCUT2D eigenvalue weighted by molar-refractivity contribution is 9.10. The van der Waals surface area contributed by atoms with Crippen LogP contribution in [0.2, 0.25) is 0 Å². The number of nitrogens with one attached hydrogen (secondary N) is 1. The van der Waals surface area contributed by atoms with Gasteiger partial charge >= 0.3 is 0 Å². The Hall–Kier alpha value is -1.20. The second-order valence-corrected chi connectivity index (χ2v) is 4.19. The van der Waals surface area contributed by atoms with Crippen LogP contribution in [0.3, 0.4) is 0 Å². The highest BCUT2D eigenvalue weighted by Gasteiger charge is 2.19. The number of ketones is 1. The van der Waals surface area contributed by atoms with Crippen LogP contribution in [0.4, 0.5) is 0 Å². The Morgan fingerprint density at radius 1 is 1.56 bits per heavy atom. The molecule has 1 aromatic rings. The van der Waals surface area contributed by atoms with Crippen LogP contribution in [0.15, 0.2) is 22.8 Å². The van der Waals surface area contributed by atoms with E-state index in [2.05, 4.69) is 26.4 Å². The van der Waals surface area contributed by atoms with Gasteiger partial charge in [0, 0.05) is 12.5 Å². The molecule has 1 aliphatic carbocycles. The van der Waals surface area contributed by atoms with Gasteiger partial charge in [-0.05, 0) is 34.5 Å². The lowest BCUT2D eigenvalue weighted by molar-refractivity contribution is -0.114. The summed E-state index contributed by atoms with van der Waals surface area (Å²) >= 11 is 3.31. The number of fused-ring (bicyclic) bond motifs is 1. The highest BCUT2D eigenvalue weighted by atomic mass is 79.9. The predicted octanol–water partition coefficient (Wildman–Crippen LogP) is 1.85. The number of hydrogen-bond acceptors (Lipinski definition) is 4. The van der Waals surface area contributed by atoms with Crippen molar-refractivity contribution < 1.29 is 9.63 Å². The topological polar surface area (TPSA) is 51.2 Å². The van der Waals surface area contributed by atoms with Crippen LogP contribution in [0.1, 0.15) is 18.2 Å². The van der Waals surface area contributed by atoms with Gasteiger partial charge in [0.1, 0.15) is 4.60 Å². The van der Waals surface area contributed by atoms with Gasteiger partial charge in [-0.3, -0.25) is 15.1 Å². The Morgan fingerprint density at radius 2 is 2.38 bits per heavy atom. The van der Waals surface area contributed by atoms with E-state index in [1.807, 2.05) is 19.1 Å². The maximum atomic E-state index is 11.5. The molecule has 4 nitrogen and oxygen atoms in total. The number of carbonyl (C=O) groups is 1. The van der Waals surface area contributed by atoms with Gasteiger partial charge in [-0.15, -0.1) is 0 Å². The number of rotatable bonds is 3. The molecule has 1 aliphatic rings. The van der Waals surface area contributed by atoms with Crippen molar-refractivity contribution in [3.8, 4) is 0 Å². The predicted molar refractivity (Wildman–Crippen MR) is 63.4 cm³/mol. The summed E-state index contributed by atoms with van der Waals surface area (Å²) in [6, 6.07) is 3.72. The molecule has 16 heavy (non-hydrogen) atoms. The maximum absolute atomic E-state index is 11.5. The van der Waals surface area contributed by atoms with Crippen LogP contribution in [0.5, 0.6) is 0 Å². The monoisotopic (exact) mass is 282 g/mol.